The Bertz CT molecular complexity index is 410. The molecule has 1 fully saturated rings. The van der Waals surface area contributed by atoms with Crippen LogP contribution < -0.4 is 10.6 Å². The third-order valence-corrected chi connectivity index (χ3v) is 2.71. The van der Waals surface area contributed by atoms with Gasteiger partial charge in [0.25, 0.3) is 0 Å². The van der Waals surface area contributed by atoms with Crippen molar-refractivity contribution in [1.29, 1.82) is 0 Å². The number of hydrogen-bond donors (Lipinski definition) is 4. The first kappa shape index (κ1) is 14.7. The van der Waals surface area contributed by atoms with E-state index in [-0.39, 0.29) is 5.91 Å². The van der Waals surface area contributed by atoms with Crippen LogP contribution in [-0.4, -0.2) is 64.7 Å². The Hall–Kier alpha value is -2.32. The normalized spacial score (nSPS) is 19.9. The van der Waals surface area contributed by atoms with E-state index < -0.39 is 36.5 Å². The van der Waals surface area contributed by atoms with E-state index >= 15 is 0 Å². The van der Waals surface area contributed by atoms with Crippen LogP contribution in [0.2, 0.25) is 0 Å². The van der Waals surface area contributed by atoms with Crippen molar-refractivity contribution in [2.24, 2.45) is 0 Å². The number of carboxylic acid groups (broad SMARTS) is 2. The molecule has 1 aliphatic rings. The highest BCUT2D eigenvalue weighted by atomic mass is 16.4. The lowest BCUT2D eigenvalue weighted by atomic mass is 10.2. The van der Waals surface area contributed by atoms with E-state index in [0.29, 0.717) is 13.0 Å². The van der Waals surface area contributed by atoms with Crippen LogP contribution in [0.4, 0.5) is 4.79 Å². The zero-order valence-electron chi connectivity index (χ0n) is 10.3. The Balaban J connectivity index is 2.51. The van der Waals surface area contributed by atoms with Gasteiger partial charge in [0.2, 0.25) is 5.91 Å². The van der Waals surface area contributed by atoms with E-state index in [0.717, 1.165) is 0 Å². The zero-order chi connectivity index (χ0) is 14.6. The molecule has 106 valence electrons. The van der Waals surface area contributed by atoms with Crippen LogP contribution in [-0.2, 0) is 14.4 Å². The Morgan fingerprint density at radius 1 is 1.42 bits per heavy atom. The molecule has 0 saturated carbocycles. The van der Waals surface area contributed by atoms with E-state index in [1.165, 1.54) is 4.90 Å². The number of carbonyl (C=O) groups is 4. The van der Waals surface area contributed by atoms with Crippen LogP contribution in [0.5, 0.6) is 0 Å². The minimum absolute atomic E-state index is 0.264. The molecule has 4 N–H and O–H groups in total. The van der Waals surface area contributed by atoms with Gasteiger partial charge in [0.15, 0.2) is 0 Å². The van der Waals surface area contributed by atoms with E-state index in [9.17, 15) is 19.2 Å². The van der Waals surface area contributed by atoms with Crippen molar-refractivity contribution in [3.05, 3.63) is 0 Å². The summed E-state index contributed by atoms with van der Waals surface area (Å²) in [5, 5.41) is 21.6. The number of amides is 3. The minimum atomic E-state index is -1.54. The SMILES string of the molecule is CN1CCC(NC(=O)N[C@H](CC(=O)O)C(=O)O)C1=O. The Morgan fingerprint density at radius 3 is 2.47 bits per heavy atom. The molecule has 1 unspecified atom stereocenters. The largest absolute Gasteiger partial charge is 0.481 e. The van der Waals surface area contributed by atoms with Gasteiger partial charge in [-0.3, -0.25) is 9.59 Å². The van der Waals surface area contributed by atoms with Crippen LogP contribution in [0.15, 0.2) is 0 Å². The van der Waals surface area contributed by atoms with Crippen LogP contribution in [0.25, 0.3) is 0 Å². The number of likely N-dealkylation sites (tertiary alicyclic amines) is 1. The summed E-state index contributed by atoms with van der Waals surface area (Å²) >= 11 is 0. The number of likely N-dealkylation sites (N-methyl/N-ethyl adjacent to an activating group) is 1. The molecule has 9 heteroatoms. The second kappa shape index (κ2) is 6.03. The highest BCUT2D eigenvalue weighted by Crippen LogP contribution is 2.08. The molecular formula is C10H15N3O6. The Morgan fingerprint density at radius 2 is 2.05 bits per heavy atom. The highest BCUT2D eigenvalue weighted by molar-refractivity contribution is 5.90. The topological polar surface area (TPSA) is 136 Å². The number of carboxylic acids is 2. The van der Waals surface area contributed by atoms with Gasteiger partial charge < -0.3 is 25.7 Å². The first-order valence-corrected chi connectivity index (χ1v) is 5.58. The quantitative estimate of drug-likeness (QED) is 0.478. The predicted molar refractivity (Wildman–Crippen MR) is 61.4 cm³/mol. The van der Waals surface area contributed by atoms with Gasteiger partial charge in [0.05, 0.1) is 6.42 Å². The standard InChI is InChI=1S/C10H15N3O6/c1-13-3-2-5(8(13)16)11-10(19)12-6(9(17)18)4-7(14)15/h5-6H,2-4H2,1H3,(H,14,15)(H,17,18)(H2,11,12,19)/t5?,6-/m1/s1. The number of rotatable bonds is 5. The molecular weight excluding hydrogens is 258 g/mol. The lowest BCUT2D eigenvalue weighted by Gasteiger charge is -2.16. The van der Waals surface area contributed by atoms with Crippen LogP contribution in [0.3, 0.4) is 0 Å². The maximum absolute atomic E-state index is 11.5. The molecule has 19 heavy (non-hydrogen) atoms. The average molecular weight is 273 g/mol. The predicted octanol–water partition coefficient (Wildman–Crippen LogP) is -1.56. The van der Waals surface area contributed by atoms with Gasteiger partial charge in [0, 0.05) is 13.6 Å². The summed E-state index contributed by atoms with van der Waals surface area (Å²) in [7, 11) is 1.59. The van der Waals surface area contributed by atoms with Crippen LogP contribution in [0.1, 0.15) is 12.8 Å². The molecule has 0 spiro atoms. The molecule has 0 radical (unpaired) electrons. The van der Waals surface area contributed by atoms with Crippen molar-refractivity contribution < 1.29 is 29.4 Å². The number of nitrogens with zero attached hydrogens (tertiary/aromatic N) is 1. The molecule has 9 nitrogen and oxygen atoms in total. The first-order valence-electron chi connectivity index (χ1n) is 5.58. The summed E-state index contributed by atoms with van der Waals surface area (Å²) in [6.07, 6.45) is -0.305. The lowest BCUT2D eigenvalue weighted by Crippen LogP contribution is -2.51. The van der Waals surface area contributed by atoms with E-state index in [1.54, 1.807) is 7.05 Å². The summed E-state index contributed by atoms with van der Waals surface area (Å²) in [6.45, 7) is 0.501. The van der Waals surface area contributed by atoms with Crippen LogP contribution in [0, 0.1) is 0 Å². The van der Waals surface area contributed by atoms with Crippen molar-refractivity contribution in [2.75, 3.05) is 13.6 Å². The first-order chi connectivity index (χ1) is 8.81. The number of nitrogens with one attached hydrogen (secondary N) is 2. The summed E-state index contributed by atoms with van der Waals surface area (Å²) < 4.78 is 0. The van der Waals surface area contributed by atoms with E-state index in [2.05, 4.69) is 5.32 Å². The Kier molecular flexibility index (Phi) is 4.67. The third kappa shape index (κ3) is 4.12. The summed E-state index contributed by atoms with van der Waals surface area (Å²) in [4.78, 5) is 45.6. The molecule has 0 bridgehead atoms. The monoisotopic (exact) mass is 273 g/mol. The smallest absolute Gasteiger partial charge is 0.326 e. The van der Waals surface area contributed by atoms with Crippen molar-refractivity contribution in [1.82, 2.24) is 15.5 Å². The van der Waals surface area contributed by atoms with Gasteiger partial charge in [-0.1, -0.05) is 0 Å². The zero-order valence-corrected chi connectivity index (χ0v) is 10.3. The van der Waals surface area contributed by atoms with Crippen molar-refractivity contribution >= 4 is 23.9 Å². The van der Waals surface area contributed by atoms with Gasteiger partial charge in [0.1, 0.15) is 12.1 Å². The molecule has 0 aromatic carbocycles. The molecule has 0 aromatic heterocycles. The fraction of sp³-hybridized carbons (Fsp3) is 0.600. The summed E-state index contributed by atoms with van der Waals surface area (Å²) in [5.41, 5.74) is 0. The van der Waals surface area contributed by atoms with Gasteiger partial charge in [-0.15, -0.1) is 0 Å². The molecule has 1 heterocycles. The van der Waals surface area contributed by atoms with Gasteiger partial charge >= 0.3 is 18.0 Å². The highest BCUT2D eigenvalue weighted by Gasteiger charge is 2.31. The van der Waals surface area contributed by atoms with Crippen molar-refractivity contribution in [3.63, 3.8) is 0 Å². The molecule has 0 aliphatic carbocycles. The van der Waals surface area contributed by atoms with Crippen LogP contribution >= 0.6 is 0 Å². The summed E-state index contributed by atoms with van der Waals surface area (Å²) in [5.74, 6) is -3.06. The second-order valence-electron chi connectivity index (χ2n) is 4.21. The average Bonchev–Trinajstić information content (AvgIpc) is 2.59. The maximum atomic E-state index is 11.5. The van der Waals surface area contributed by atoms with Gasteiger partial charge in [-0.2, -0.15) is 0 Å². The second-order valence-corrected chi connectivity index (χ2v) is 4.21. The number of aliphatic carboxylic acids is 2. The minimum Gasteiger partial charge on any atom is -0.481 e. The molecule has 0 aromatic rings. The third-order valence-electron chi connectivity index (χ3n) is 2.71. The van der Waals surface area contributed by atoms with Crippen molar-refractivity contribution in [3.8, 4) is 0 Å². The van der Waals surface area contributed by atoms with Gasteiger partial charge in [-0.05, 0) is 6.42 Å². The fourth-order valence-electron chi connectivity index (χ4n) is 1.69. The van der Waals surface area contributed by atoms with E-state index in [4.69, 9.17) is 10.2 Å². The fourth-order valence-corrected chi connectivity index (χ4v) is 1.69. The summed E-state index contributed by atoms with van der Waals surface area (Å²) in [6, 6.07) is -3.11. The molecule has 1 rings (SSSR count). The molecule has 3 amide bonds. The lowest BCUT2D eigenvalue weighted by molar-refractivity contribution is -0.145. The molecule has 2 atom stereocenters. The Labute approximate surface area is 108 Å². The molecule has 1 aliphatic heterocycles. The molecule has 1 saturated heterocycles. The van der Waals surface area contributed by atoms with Gasteiger partial charge in [-0.25, -0.2) is 9.59 Å². The maximum Gasteiger partial charge on any atom is 0.326 e. The van der Waals surface area contributed by atoms with E-state index in [1.807, 2.05) is 5.32 Å². The number of carbonyl (C=O) groups excluding carboxylic acids is 2. The number of urea groups is 1. The number of hydrogen-bond acceptors (Lipinski definition) is 4. The van der Waals surface area contributed by atoms with Crippen molar-refractivity contribution in [2.45, 2.75) is 24.9 Å².